The number of likely N-dealkylation sites (tertiary alicyclic amines) is 1. The van der Waals surface area contributed by atoms with Crippen molar-refractivity contribution in [3.05, 3.63) is 23.7 Å². The lowest BCUT2D eigenvalue weighted by molar-refractivity contribution is -0.133. The second-order valence-electron chi connectivity index (χ2n) is 9.08. The predicted octanol–water partition coefficient (Wildman–Crippen LogP) is -0.301. The largest absolute Gasteiger partial charge is 0.462 e. The summed E-state index contributed by atoms with van der Waals surface area (Å²) in [6.07, 6.45) is 2.18. The third-order valence-electron chi connectivity index (χ3n) is 7.13. The molecular formula is C22H35N5O4. The Bertz CT molecular complexity index is 776. The summed E-state index contributed by atoms with van der Waals surface area (Å²) in [6, 6.07) is 3.68. The third-order valence-corrected chi connectivity index (χ3v) is 7.13. The van der Waals surface area contributed by atoms with Crippen LogP contribution in [-0.2, 0) is 22.7 Å². The van der Waals surface area contributed by atoms with Gasteiger partial charge in [0.15, 0.2) is 0 Å². The van der Waals surface area contributed by atoms with Gasteiger partial charge in [-0.25, -0.2) is 0 Å². The minimum atomic E-state index is -0.231. The van der Waals surface area contributed by atoms with Crippen LogP contribution >= 0.6 is 0 Å². The first kappa shape index (κ1) is 22.3. The molecule has 3 atom stereocenters. The minimum absolute atomic E-state index is 0.0520. The van der Waals surface area contributed by atoms with Gasteiger partial charge in [-0.1, -0.05) is 0 Å². The van der Waals surface area contributed by atoms with E-state index in [0.717, 1.165) is 51.3 Å². The van der Waals surface area contributed by atoms with Crippen molar-refractivity contribution in [2.45, 2.75) is 50.5 Å². The van der Waals surface area contributed by atoms with E-state index in [1.807, 2.05) is 11.0 Å². The molecule has 0 aliphatic carbocycles. The van der Waals surface area contributed by atoms with Gasteiger partial charge >= 0.3 is 0 Å². The van der Waals surface area contributed by atoms with Crippen molar-refractivity contribution < 1.29 is 19.1 Å². The van der Waals surface area contributed by atoms with Gasteiger partial charge < -0.3 is 24.6 Å². The summed E-state index contributed by atoms with van der Waals surface area (Å²) in [5.74, 6) is 1.58. The highest BCUT2D eigenvalue weighted by atomic mass is 16.4. The Morgan fingerprint density at radius 3 is 2.61 bits per heavy atom. The number of aliphatic hydroxyl groups excluding tert-OH is 1. The van der Waals surface area contributed by atoms with E-state index in [0.29, 0.717) is 25.3 Å². The van der Waals surface area contributed by atoms with Gasteiger partial charge in [0.25, 0.3) is 0 Å². The van der Waals surface area contributed by atoms with E-state index in [-0.39, 0.29) is 36.5 Å². The number of carbonyl (C=O) groups excluding carboxylic acids is 2. The lowest BCUT2D eigenvalue weighted by Crippen LogP contribution is -2.50. The van der Waals surface area contributed by atoms with Crippen LogP contribution in [0.2, 0.25) is 0 Å². The third kappa shape index (κ3) is 4.95. The number of hydrogen-bond donors (Lipinski definition) is 2. The number of nitrogens with one attached hydrogen (secondary N) is 1. The molecule has 3 fully saturated rings. The van der Waals surface area contributed by atoms with Gasteiger partial charge in [0, 0.05) is 57.8 Å². The van der Waals surface area contributed by atoms with Gasteiger partial charge in [-0.3, -0.25) is 19.4 Å². The molecule has 0 bridgehead atoms. The van der Waals surface area contributed by atoms with E-state index in [1.165, 1.54) is 0 Å². The normalized spacial score (nSPS) is 28.4. The molecule has 0 unspecified atom stereocenters. The zero-order valence-corrected chi connectivity index (χ0v) is 18.6. The molecule has 2 amide bonds. The number of piperazine rings is 1. The summed E-state index contributed by atoms with van der Waals surface area (Å²) >= 11 is 0. The molecule has 1 aromatic heterocycles. The summed E-state index contributed by atoms with van der Waals surface area (Å²) in [5.41, 5.74) is 0. The van der Waals surface area contributed by atoms with E-state index >= 15 is 0 Å². The molecular weight excluding hydrogens is 398 g/mol. The van der Waals surface area contributed by atoms with E-state index < -0.39 is 0 Å². The standard InChI is InChI=1S/C22H35N5O4/c1-24-9-11-26(12-10-24)20(29)6-3-16-13-23-22(30)21-19(25(16)2)7-8-27(21)14-17-4-5-18(15-28)31-17/h4-5,16,19,21,28H,3,6-15H2,1-2H3,(H,23,30)/t16-,19-,21-/m1/s1. The number of rotatable bonds is 6. The Morgan fingerprint density at radius 1 is 1.16 bits per heavy atom. The fourth-order valence-corrected chi connectivity index (χ4v) is 5.12. The molecule has 3 aliphatic heterocycles. The zero-order chi connectivity index (χ0) is 22.0. The number of furan rings is 1. The molecule has 0 spiro atoms. The fourth-order valence-electron chi connectivity index (χ4n) is 5.12. The molecule has 172 valence electrons. The molecule has 3 aliphatic rings. The van der Waals surface area contributed by atoms with Crippen LogP contribution in [0.1, 0.15) is 30.8 Å². The van der Waals surface area contributed by atoms with Crippen LogP contribution in [-0.4, -0.2) is 108 Å². The van der Waals surface area contributed by atoms with E-state index in [2.05, 4.69) is 34.1 Å². The number of carbonyl (C=O) groups is 2. The molecule has 0 radical (unpaired) electrons. The van der Waals surface area contributed by atoms with Crippen LogP contribution < -0.4 is 5.32 Å². The van der Waals surface area contributed by atoms with Crippen molar-refractivity contribution in [1.82, 2.24) is 24.9 Å². The van der Waals surface area contributed by atoms with Crippen molar-refractivity contribution >= 4 is 11.8 Å². The zero-order valence-electron chi connectivity index (χ0n) is 18.6. The van der Waals surface area contributed by atoms with Crippen LogP contribution in [0.3, 0.4) is 0 Å². The lowest BCUT2D eigenvalue weighted by Gasteiger charge is -2.34. The molecule has 4 heterocycles. The number of nitrogens with zero attached hydrogens (tertiary/aromatic N) is 4. The molecule has 9 heteroatoms. The van der Waals surface area contributed by atoms with Crippen molar-refractivity contribution in [2.24, 2.45) is 0 Å². The Morgan fingerprint density at radius 2 is 1.90 bits per heavy atom. The minimum Gasteiger partial charge on any atom is -0.462 e. The Kier molecular flexibility index (Phi) is 6.95. The van der Waals surface area contributed by atoms with Crippen LogP contribution in [0.4, 0.5) is 0 Å². The summed E-state index contributed by atoms with van der Waals surface area (Å²) in [6.45, 7) is 5.28. The topological polar surface area (TPSA) is 92.5 Å². The summed E-state index contributed by atoms with van der Waals surface area (Å²) in [4.78, 5) is 34.3. The first-order valence-electron chi connectivity index (χ1n) is 11.3. The Labute approximate surface area is 183 Å². The smallest absolute Gasteiger partial charge is 0.239 e. The van der Waals surface area contributed by atoms with E-state index in [1.54, 1.807) is 6.07 Å². The molecule has 3 saturated heterocycles. The van der Waals surface area contributed by atoms with Gasteiger partial charge in [-0.05, 0) is 39.1 Å². The Balaban J connectivity index is 1.35. The van der Waals surface area contributed by atoms with Crippen LogP contribution in [0.5, 0.6) is 0 Å². The predicted molar refractivity (Wildman–Crippen MR) is 115 cm³/mol. The molecule has 9 nitrogen and oxygen atoms in total. The second-order valence-corrected chi connectivity index (χ2v) is 9.08. The van der Waals surface area contributed by atoms with Gasteiger partial charge in [0.2, 0.25) is 11.8 Å². The first-order chi connectivity index (χ1) is 15.0. The van der Waals surface area contributed by atoms with Crippen molar-refractivity contribution in [3.8, 4) is 0 Å². The quantitative estimate of drug-likeness (QED) is 0.636. The fraction of sp³-hybridized carbons (Fsp3) is 0.727. The summed E-state index contributed by atoms with van der Waals surface area (Å²) in [5, 5.41) is 12.3. The maximum Gasteiger partial charge on any atom is 0.239 e. The maximum absolute atomic E-state index is 12.9. The molecule has 31 heavy (non-hydrogen) atoms. The van der Waals surface area contributed by atoms with Crippen LogP contribution in [0, 0.1) is 0 Å². The number of aliphatic hydroxyl groups is 1. The second kappa shape index (κ2) is 9.68. The van der Waals surface area contributed by atoms with Gasteiger partial charge in [0.05, 0.1) is 6.54 Å². The summed E-state index contributed by atoms with van der Waals surface area (Å²) in [7, 11) is 4.17. The number of likely N-dealkylation sites (N-methyl/N-ethyl adjacent to an activating group) is 2. The average molecular weight is 434 g/mol. The van der Waals surface area contributed by atoms with Crippen LogP contribution in [0.25, 0.3) is 0 Å². The van der Waals surface area contributed by atoms with Crippen molar-refractivity contribution in [1.29, 1.82) is 0 Å². The van der Waals surface area contributed by atoms with Gasteiger partial charge in [-0.15, -0.1) is 0 Å². The molecule has 0 saturated carbocycles. The van der Waals surface area contributed by atoms with Crippen molar-refractivity contribution in [3.63, 3.8) is 0 Å². The molecule has 4 rings (SSSR count). The lowest BCUT2D eigenvalue weighted by atomic mass is 10.0. The first-order valence-corrected chi connectivity index (χ1v) is 11.3. The highest BCUT2D eigenvalue weighted by Gasteiger charge is 2.45. The average Bonchev–Trinajstić information content (AvgIpc) is 3.38. The number of fused-ring (bicyclic) bond motifs is 1. The summed E-state index contributed by atoms with van der Waals surface area (Å²) < 4.78 is 5.64. The number of hydrogen-bond acceptors (Lipinski definition) is 7. The van der Waals surface area contributed by atoms with Gasteiger partial charge in [0.1, 0.15) is 24.2 Å². The van der Waals surface area contributed by atoms with Crippen molar-refractivity contribution in [2.75, 3.05) is 53.4 Å². The van der Waals surface area contributed by atoms with E-state index in [9.17, 15) is 14.7 Å². The highest BCUT2D eigenvalue weighted by molar-refractivity contribution is 5.83. The Hall–Kier alpha value is -1.94. The van der Waals surface area contributed by atoms with Crippen LogP contribution in [0.15, 0.2) is 16.5 Å². The number of amides is 2. The molecule has 2 N–H and O–H groups in total. The molecule has 1 aromatic rings. The highest BCUT2D eigenvalue weighted by Crippen LogP contribution is 2.29. The SMILES string of the molecule is CN1CCN(C(=O)CC[C@@H]2CNC(=O)[C@H]3[C@@H](CCN3Cc3ccc(CO)o3)N2C)CC1. The molecule has 0 aromatic carbocycles. The maximum atomic E-state index is 12.9. The van der Waals surface area contributed by atoms with Gasteiger partial charge in [-0.2, -0.15) is 0 Å². The van der Waals surface area contributed by atoms with E-state index in [4.69, 9.17) is 4.42 Å². The monoisotopic (exact) mass is 433 g/mol.